The molecule has 2 aromatic rings. The van der Waals surface area contributed by atoms with Crippen LogP contribution in [0.4, 0.5) is 4.79 Å². The van der Waals surface area contributed by atoms with Crippen LogP contribution in [0.3, 0.4) is 0 Å². The smallest absolute Gasteiger partial charge is 0.315 e. The molecule has 1 aliphatic carbocycles. The van der Waals surface area contributed by atoms with Gasteiger partial charge in [-0.3, -0.25) is 0 Å². The first-order valence-electron chi connectivity index (χ1n) is 8.91. The molecule has 1 heterocycles. The number of urea groups is 1. The molecule has 1 aromatic heterocycles. The molecule has 6 heteroatoms. The normalized spacial score (nSPS) is 20.2. The first-order valence-corrected chi connectivity index (χ1v) is 8.91. The SMILES string of the molecule is O=C(NCc1cccc(Cn2ccnc2)c1)NC1CCC(CO)CC1. The second-order valence-electron chi connectivity index (χ2n) is 6.78. The Morgan fingerprint density at radius 2 is 2.04 bits per heavy atom. The molecule has 2 amide bonds. The Morgan fingerprint density at radius 1 is 1.24 bits per heavy atom. The summed E-state index contributed by atoms with van der Waals surface area (Å²) in [6.07, 6.45) is 9.35. The molecular formula is C19H26N4O2. The fourth-order valence-electron chi connectivity index (χ4n) is 3.34. The van der Waals surface area contributed by atoms with Crippen molar-refractivity contribution in [2.24, 2.45) is 5.92 Å². The van der Waals surface area contributed by atoms with Gasteiger partial charge in [0.2, 0.25) is 0 Å². The summed E-state index contributed by atoms with van der Waals surface area (Å²) in [6, 6.07) is 8.31. The van der Waals surface area contributed by atoms with E-state index in [2.05, 4.69) is 27.8 Å². The van der Waals surface area contributed by atoms with E-state index in [-0.39, 0.29) is 18.7 Å². The average molecular weight is 342 g/mol. The summed E-state index contributed by atoms with van der Waals surface area (Å²) in [5.74, 6) is 0.402. The first-order chi connectivity index (χ1) is 12.2. The van der Waals surface area contributed by atoms with Gasteiger partial charge in [-0.05, 0) is 42.7 Å². The standard InChI is InChI=1S/C19H26N4O2/c24-13-15-4-6-18(7-5-15)22-19(25)21-11-16-2-1-3-17(10-16)12-23-9-8-20-14-23/h1-3,8-10,14-15,18,24H,4-7,11-13H2,(H2,21,22,25). The Labute approximate surface area is 148 Å². The van der Waals surface area contributed by atoms with Crippen LogP contribution in [0.2, 0.25) is 0 Å². The number of benzene rings is 1. The van der Waals surface area contributed by atoms with Gasteiger partial charge in [-0.1, -0.05) is 24.3 Å². The van der Waals surface area contributed by atoms with Gasteiger partial charge in [-0.2, -0.15) is 0 Å². The Balaban J connectivity index is 1.44. The van der Waals surface area contributed by atoms with Gasteiger partial charge in [-0.25, -0.2) is 9.78 Å². The molecule has 1 fully saturated rings. The third-order valence-corrected chi connectivity index (χ3v) is 4.81. The summed E-state index contributed by atoms with van der Waals surface area (Å²) in [5.41, 5.74) is 2.26. The highest BCUT2D eigenvalue weighted by atomic mass is 16.3. The molecular weight excluding hydrogens is 316 g/mol. The molecule has 3 rings (SSSR count). The maximum absolute atomic E-state index is 12.1. The molecule has 0 spiro atoms. The van der Waals surface area contributed by atoms with E-state index in [9.17, 15) is 4.79 Å². The van der Waals surface area contributed by atoms with E-state index in [1.54, 1.807) is 12.5 Å². The molecule has 3 N–H and O–H groups in total. The minimum Gasteiger partial charge on any atom is -0.396 e. The molecule has 0 atom stereocenters. The van der Waals surface area contributed by atoms with Crippen molar-refractivity contribution in [2.75, 3.05) is 6.61 Å². The number of carbonyl (C=O) groups is 1. The lowest BCUT2D eigenvalue weighted by molar-refractivity contribution is 0.174. The van der Waals surface area contributed by atoms with Crippen LogP contribution in [0.1, 0.15) is 36.8 Å². The van der Waals surface area contributed by atoms with Crippen molar-refractivity contribution in [1.82, 2.24) is 20.2 Å². The third kappa shape index (κ3) is 5.32. The molecule has 0 aliphatic heterocycles. The van der Waals surface area contributed by atoms with Gasteiger partial charge in [0.15, 0.2) is 0 Å². The summed E-state index contributed by atoms with van der Waals surface area (Å²) < 4.78 is 2.02. The molecule has 1 saturated carbocycles. The van der Waals surface area contributed by atoms with Crippen molar-refractivity contribution >= 4 is 6.03 Å². The van der Waals surface area contributed by atoms with Gasteiger partial charge in [0.1, 0.15) is 0 Å². The summed E-state index contributed by atoms with van der Waals surface area (Å²) in [6.45, 7) is 1.54. The van der Waals surface area contributed by atoms with Crippen LogP contribution in [-0.4, -0.2) is 33.3 Å². The molecule has 0 radical (unpaired) electrons. The molecule has 134 valence electrons. The lowest BCUT2D eigenvalue weighted by Gasteiger charge is -2.27. The Morgan fingerprint density at radius 3 is 2.76 bits per heavy atom. The van der Waals surface area contributed by atoms with E-state index in [0.717, 1.165) is 37.8 Å². The first kappa shape index (κ1) is 17.5. The number of hydrogen-bond donors (Lipinski definition) is 3. The second-order valence-corrected chi connectivity index (χ2v) is 6.78. The van der Waals surface area contributed by atoms with E-state index in [0.29, 0.717) is 12.5 Å². The fraction of sp³-hybridized carbons (Fsp3) is 0.474. The number of rotatable bonds is 6. The van der Waals surface area contributed by atoms with Crippen molar-refractivity contribution in [3.05, 3.63) is 54.1 Å². The number of aliphatic hydroxyl groups is 1. The van der Waals surface area contributed by atoms with Crippen LogP contribution < -0.4 is 10.6 Å². The molecule has 0 unspecified atom stereocenters. The quantitative estimate of drug-likeness (QED) is 0.753. The number of aromatic nitrogens is 2. The van der Waals surface area contributed by atoms with Gasteiger partial charge in [-0.15, -0.1) is 0 Å². The molecule has 6 nitrogen and oxygen atoms in total. The van der Waals surface area contributed by atoms with Crippen LogP contribution in [0.5, 0.6) is 0 Å². The molecule has 0 bridgehead atoms. The highest BCUT2D eigenvalue weighted by molar-refractivity contribution is 5.74. The molecule has 1 aromatic carbocycles. The van der Waals surface area contributed by atoms with E-state index >= 15 is 0 Å². The summed E-state index contributed by atoms with van der Waals surface area (Å²) in [4.78, 5) is 16.1. The van der Waals surface area contributed by atoms with Crippen molar-refractivity contribution in [1.29, 1.82) is 0 Å². The number of imidazole rings is 1. The third-order valence-electron chi connectivity index (χ3n) is 4.81. The summed E-state index contributed by atoms with van der Waals surface area (Å²) in [7, 11) is 0. The van der Waals surface area contributed by atoms with Gasteiger partial charge in [0, 0.05) is 38.1 Å². The minimum absolute atomic E-state index is 0.118. The Hall–Kier alpha value is -2.34. The van der Waals surface area contributed by atoms with Crippen LogP contribution in [-0.2, 0) is 13.1 Å². The minimum atomic E-state index is -0.118. The molecule has 1 aliphatic rings. The predicted molar refractivity (Wildman–Crippen MR) is 96.0 cm³/mol. The zero-order chi connectivity index (χ0) is 17.5. The van der Waals surface area contributed by atoms with Crippen molar-refractivity contribution in [3.8, 4) is 0 Å². The number of hydrogen-bond acceptors (Lipinski definition) is 3. The second kappa shape index (κ2) is 8.67. The van der Waals surface area contributed by atoms with Crippen LogP contribution in [0.15, 0.2) is 43.0 Å². The summed E-state index contributed by atoms with van der Waals surface area (Å²) in [5, 5.41) is 15.1. The van der Waals surface area contributed by atoms with Crippen LogP contribution >= 0.6 is 0 Å². The number of carbonyl (C=O) groups excluding carboxylic acids is 1. The lowest BCUT2D eigenvalue weighted by Crippen LogP contribution is -2.43. The zero-order valence-electron chi connectivity index (χ0n) is 14.4. The van der Waals surface area contributed by atoms with Crippen molar-refractivity contribution in [2.45, 2.75) is 44.8 Å². The predicted octanol–water partition coefficient (Wildman–Crippen LogP) is 2.28. The molecule has 25 heavy (non-hydrogen) atoms. The maximum atomic E-state index is 12.1. The van der Waals surface area contributed by atoms with Crippen molar-refractivity contribution < 1.29 is 9.90 Å². The van der Waals surface area contributed by atoms with Crippen LogP contribution in [0, 0.1) is 5.92 Å². The topological polar surface area (TPSA) is 79.2 Å². The number of nitrogens with zero attached hydrogens (tertiary/aromatic N) is 2. The van der Waals surface area contributed by atoms with Gasteiger partial charge in [0.25, 0.3) is 0 Å². The fourth-order valence-corrected chi connectivity index (χ4v) is 3.34. The van der Waals surface area contributed by atoms with Crippen molar-refractivity contribution in [3.63, 3.8) is 0 Å². The number of aliphatic hydroxyl groups excluding tert-OH is 1. The van der Waals surface area contributed by atoms with E-state index < -0.39 is 0 Å². The number of amides is 2. The summed E-state index contributed by atoms with van der Waals surface area (Å²) >= 11 is 0. The average Bonchev–Trinajstić information content (AvgIpc) is 3.14. The van der Waals surface area contributed by atoms with Gasteiger partial charge in [0.05, 0.1) is 6.33 Å². The lowest BCUT2D eigenvalue weighted by atomic mass is 9.87. The Bertz CT molecular complexity index is 664. The van der Waals surface area contributed by atoms with Gasteiger partial charge >= 0.3 is 6.03 Å². The van der Waals surface area contributed by atoms with Crippen LogP contribution in [0.25, 0.3) is 0 Å². The highest BCUT2D eigenvalue weighted by Crippen LogP contribution is 2.23. The van der Waals surface area contributed by atoms with Gasteiger partial charge < -0.3 is 20.3 Å². The van der Waals surface area contributed by atoms with E-state index in [1.165, 1.54) is 5.56 Å². The maximum Gasteiger partial charge on any atom is 0.315 e. The Kier molecular flexibility index (Phi) is 6.06. The monoisotopic (exact) mass is 342 g/mol. The largest absolute Gasteiger partial charge is 0.396 e. The highest BCUT2D eigenvalue weighted by Gasteiger charge is 2.21. The zero-order valence-corrected chi connectivity index (χ0v) is 14.4. The molecule has 0 saturated heterocycles. The van der Waals surface area contributed by atoms with E-state index in [4.69, 9.17) is 5.11 Å². The van der Waals surface area contributed by atoms with E-state index in [1.807, 2.05) is 22.9 Å². The number of nitrogens with one attached hydrogen (secondary N) is 2.